The van der Waals surface area contributed by atoms with Crippen LogP contribution in [0.4, 0.5) is 0 Å². The Kier molecular flexibility index (Phi) is 3.47. The van der Waals surface area contributed by atoms with Gasteiger partial charge in [0.1, 0.15) is 0 Å². The molecule has 1 aliphatic heterocycles. The predicted molar refractivity (Wildman–Crippen MR) is 80.1 cm³/mol. The molecule has 2 aliphatic rings. The van der Waals surface area contributed by atoms with E-state index in [4.69, 9.17) is 9.51 Å². The van der Waals surface area contributed by atoms with Gasteiger partial charge in [0.25, 0.3) is 0 Å². The number of benzene rings is 1. The highest BCUT2D eigenvalue weighted by Crippen LogP contribution is 2.35. The molecular weight excluding hydrogens is 262 g/mol. The molecule has 0 spiro atoms. The first-order valence-corrected chi connectivity index (χ1v) is 8.06. The molecule has 4 nitrogen and oxygen atoms in total. The van der Waals surface area contributed by atoms with Crippen LogP contribution in [0.25, 0.3) is 0 Å². The summed E-state index contributed by atoms with van der Waals surface area (Å²) in [6.07, 6.45) is 7.07. The summed E-state index contributed by atoms with van der Waals surface area (Å²) >= 11 is 0. The zero-order valence-corrected chi connectivity index (χ0v) is 12.2. The van der Waals surface area contributed by atoms with E-state index in [-0.39, 0.29) is 6.04 Å². The van der Waals surface area contributed by atoms with E-state index in [0.717, 1.165) is 31.1 Å². The zero-order chi connectivity index (χ0) is 14.1. The molecule has 4 rings (SSSR count). The Morgan fingerprint density at radius 2 is 2.05 bits per heavy atom. The van der Waals surface area contributed by atoms with Crippen LogP contribution >= 0.6 is 0 Å². The maximum atomic E-state index is 5.55. The molecule has 21 heavy (non-hydrogen) atoms. The summed E-state index contributed by atoms with van der Waals surface area (Å²) in [4.78, 5) is 4.72. The number of rotatable bonds is 2. The summed E-state index contributed by atoms with van der Waals surface area (Å²) in [5.41, 5.74) is 2.82. The lowest BCUT2D eigenvalue weighted by Gasteiger charge is -2.23. The minimum Gasteiger partial charge on any atom is -0.338 e. The van der Waals surface area contributed by atoms with Gasteiger partial charge in [0, 0.05) is 5.92 Å². The fourth-order valence-corrected chi connectivity index (χ4v) is 3.62. The van der Waals surface area contributed by atoms with E-state index >= 15 is 0 Å². The van der Waals surface area contributed by atoms with Crippen molar-refractivity contribution >= 4 is 0 Å². The molecule has 1 N–H and O–H groups in total. The quantitative estimate of drug-likeness (QED) is 0.918. The van der Waals surface area contributed by atoms with Gasteiger partial charge in [-0.2, -0.15) is 4.98 Å². The van der Waals surface area contributed by atoms with Crippen molar-refractivity contribution in [2.75, 3.05) is 6.54 Å². The molecule has 2 heterocycles. The van der Waals surface area contributed by atoms with Crippen molar-refractivity contribution < 1.29 is 4.52 Å². The van der Waals surface area contributed by atoms with Gasteiger partial charge in [0.05, 0.1) is 6.04 Å². The van der Waals surface area contributed by atoms with Gasteiger partial charge in [-0.15, -0.1) is 0 Å². The van der Waals surface area contributed by atoms with Crippen LogP contribution in [-0.4, -0.2) is 16.7 Å². The fraction of sp³-hybridized carbons (Fsp3) is 0.529. The maximum absolute atomic E-state index is 5.55. The number of aromatic nitrogens is 2. The van der Waals surface area contributed by atoms with Gasteiger partial charge < -0.3 is 9.84 Å². The Morgan fingerprint density at radius 3 is 2.95 bits per heavy atom. The van der Waals surface area contributed by atoms with Gasteiger partial charge in [-0.25, -0.2) is 0 Å². The number of hydrogen-bond donors (Lipinski definition) is 1. The minimum atomic E-state index is 0.249. The van der Waals surface area contributed by atoms with Gasteiger partial charge >= 0.3 is 0 Å². The van der Waals surface area contributed by atoms with Crippen molar-refractivity contribution in [3.8, 4) is 0 Å². The van der Waals surface area contributed by atoms with Gasteiger partial charge in [-0.3, -0.25) is 0 Å². The molecule has 1 aromatic carbocycles. The van der Waals surface area contributed by atoms with Crippen LogP contribution in [0, 0.1) is 0 Å². The largest absolute Gasteiger partial charge is 0.338 e. The third-order valence-corrected chi connectivity index (χ3v) is 4.75. The van der Waals surface area contributed by atoms with Crippen molar-refractivity contribution in [1.29, 1.82) is 0 Å². The molecule has 0 bridgehead atoms. The second-order valence-corrected chi connectivity index (χ2v) is 6.14. The molecule has 1 aliphatic carbocycles. The van der Waals surface area contributed by atoms with Crippen LogP contribution in [0.1, 0.15) is 66.9 Å². The van der Waals surface area contributed by atoms with Gasteiger partial charge in [-0.1, -0.05) is 35.8 Å². The van der Waals surface area contributed by atoms with Crippen molar-refractivity contribution in [2.45, 2.75) is 50.5 Å². The molecule has 0 saturated carbocycles. The number of fused-ring (bicyclic) bond motifs is 1. The lowest BCUT2D eigenvalue weighted by atomic mass is 9.82. The summed E-state index contributed by atoms with van der Waals surface area (Å²) in [5, 5.41) is 7.76. The van der Waals surface area contributed by atoms with E-state index in [0.29, 0.717) is 5.92 Å². The summed E-state index contributed by atoms with van der Waals surface area (Å²) < 4.78 is 5.55. The molecule has 2 aromatic rings. The fourth-order valence-electron chi connectivity index (χ4n) is 3.62. The van der Waals surface area contributed by atoms with Crippen LogP contribution in [-0.2, 0) is 6.42 Å². The van der Waals surface area contributed by atoms with Crippen LogP contribution in [0.2, 0.25) is 0 Å². The maximum Gasteiger partial charge on any atom is 0.243 e. The molecule has 1 aromatic heterocycles. The third kappa shape index (κ3) is 2.48. The highest BCUT2D eigenvalue weighted by Gasteiger charge is 2.28. The Bertz CT molecular complexity index is 616. The summed E-state index contributed by atoms with van der Waals surface area (Å²) in [7, 11) is 0. The highest BCUT2D eigenvalue weighted by molar-refractivity contribution is 5.36. The molecule has 0 radical (unpaired) electrons. The Labute approximate surface area is 124 Å². The average molecular weight is 283 g/mol. The Balaban J connectivity index is 1.61. The number of aryl methyl sites for hydroxylation is 1. The van der Waals surface area contributed by atoms with E-state index in [1.54, 1.807) is 0 Å². The average Bonchev–Trinajstić information content (AvgIpc) is 3.05. The van der Waals surface area contributed by atoms with E-state index in [2.05, 4.69) is 34.7 Å². The monoisotopic (exact) mass is 283 g/mol. The van der Waals surface area contributed by atoms with Crippen molar-refractivity contribution in [1.82, 2.24) is 15.5 Å². The summed E-state index contributed by atoms with van der Waals surface area (Å²) in [6.45, 7) is 1.05. The van der Waals surface area contributed by atoms with E-state index in [1.165, 1.54) is 36.8 Å². The summed E-state index contributed by atoms with van der Waals surface area (Å²) in [6, 6.07) is 8.92. The van der Waals surface area contributed by atoms with Gasteiger partial charge in [0.15, 0.2) is 5.82 Å². The number of nitrogens with one attached hydrogen (secondary N) is 1. The second-order valence-electron chi connectivity index (χ2n) is 6.14. The first kappa shape index (κ1) is 13.0. The normalized spacial score (nSPS) is 25.5. The lowest BCUT2D eigenvalue weighted by Crippen LogP contribution is -2.27. The Morgan fingerprint density at radius 1 is 1.10 bits per heavy atom. The van der Waals surface area contributed by atoms with E-state index in [1.807, 2.05) is 0 Å². The van der Waals surface area contributed by atoms with E-state index in [9.17, 15) is 0 Å². The van der Waals surface area contributed by atoms with Crippen molar-refractivity contribution in [3.05, 3.63) is 47.1 Å². The summed E-state index contributed by atoms with van der Waals surface area (Å²) in [5.74, 6) is 1.94. The zero-order valence-electron chi connectivity index (χ0n) is 12.2. The molecule has 2 unspecified atom stereocenters. The third-order valence-electron chi connectivity index (χ3n) is 4.75. The second kappa shape index (κ2) is 5.60. The molecule has 0 amide bonds. The molecule has 110 valence electrons. The molecule has 1 fully saturated rings. The number of hydrogen-bond acceptors (Lipinski definition) is 4. The smallest absolute Gasteiger partial charge is 0.243 e. The molecule has 4 heteroatoms. The first-order chi connectivity index (χ1) is 10.4. The standard InChI is InChI=1S/C17H21N3O/c1-2-8-13-12(6-1)7-5-9-14(13)16-19-17(21-20-16)15-10-3-4-11-18-15/h1-2,6,8,14-15,18H,3-5,7,9-11H2. The van der Waals surface area contributed by atoms with Crippen LogP contribution in [0.3, 0.4) is 0 Å². The first-order valence-electron chi connectivity index (χ1n) is 8.06. The van der Waals surface area contributed by atoms with E-state index < -0.39 is 0 Å². The van der Waals surface area contributed by atoms with Crippen molar-refractivity contribution in [2.24, 2.45) is 0 Å². The van der Waals surface area contributed by atoms with Gasteiger partial charge in [-0.05, 0) is 49.8 Å². The molecular formula is C17H21N3O. The molecule has 1 saturated heterocycles. The predicted octanol–water partition coefficient (Wildman–Crippen LogP) is 3.35. The van der Waals surface area contributed by atoms with Crippen LogP contribution in [0.5, 0.6) is 0 Å². The number of nitrogens with zero attached hydrogens (tertiary/aromatic N) is 2. The van der Waals surface area contributed by atoms with Crippen LogP contribution < -0.4 is 5.32 Å². The minimum absolute atomic E-state index is 0.249. The topological polar surface area (TPSA) is 51.0 Å². The molecule has 2 atom stereocenters. The number of piperidine rings is 1. The SMILES string of the molecule is c1ccc2c(c1)CCCC2c1noc(C2CCCCN2)n1. The highest BCUT2D eigenvalue weighted by atomic mass is 16.5. The van der Waals surface area contributed by atoms with Crippen LogP contribution in [0.15, 0.2) is 28.8 Å². The van der Waals surface area contributed by atoms with Gasteiger partial charge in [0.2, 0.25) is 5.89 Å². The lowest BCUT2D eigenvalue weighted by molar-refractivity contribution is 0.295. The Hall–Kier alpha value is -1.68. The van der Waals surface area contributed by atoms with Crippen molar-refractivity contribution in [3.63, 3.8) is 0 Å².